The molecule has 0 bridgehead atoms. The zero-order valence-corrected chi connectivity index (χ0v) is 18.6. The highest BCUT2D eigenvalue weighted by Gasteiger charge is 2.26. The van der Waals surface area contributed by atoms with Gasteiger partial charge in [0.15, 0.2) is 0 Å². The number of aromatic amines is 1. The molecule has 1 saturated heterocycles. The molecule has 4 rings (SSSR count). The second-order valence-electron chi connectivity index (χ2n) is 8.72. The molecule has 7 heteroatoms. The molecular weight excluding hydrogens is 388 g/mol. The van der Waals surface area contributed by atoms with Crippen LogP contribution >= 0.6 is 0 Å². The van der Waals surface area contributed by atoms with Gasteiger partial charge in [0.2, 0.25) is 0 Å². The van der Waals surface area contributed by atoms with Crippen LogP contribution in [0.3, 0.4) is 0 Å². The van der Waals surface area contributed by atoms with Gasteiger partial charge in [-0.3, -0.25) is 5.10 Å². The van der Waals surface area contributed by atoms with Crippen molar-refractivity contribution < 1.29 is 5.11 Å². The van der Waals surface area contributed by atoms with E-state index in [4.69, 9.17) is 0 Å². The number of amidine groups is 1. The topological polar surface area (TPSA) is 88.9 Å². The van der Waals surface area contributed by atoms with Crippen LogP contribution in [0.15, 0.2) is 52.4 Å². The fourth-order valence-electron chi connectivity index (χ4n) is 4.13. The molecule has 1 aromatic carbocycles. The average Bonchev–Trinajstić information content (AvgIpc) is 3.41. The first-order chi connectivity index (χ1) is 15.0. The van der Waals surface area contributed by atoms with Crippen molar-refractivity contribution in [1.82, 2.24) is 20.4 Å². The number of hydrogen-bond acceptors (Lipinski definition) is 6. The number of benzene rings is 1. The molecule has 0 saturated carbocycles. The van der Waals surface area contributed by atoms with Crippen molar-refractivity contribution in [2.75, 3.05) is 19.6 Å². The highest BCUT2D eigenvalue weighted by molar-refractivity contribution is 6.12. The lowest BCUT2D eigenvalue weighted by molar-refractivity contribution is 0.436. The van der Waals surface area contributed by atoms with Crippen LogP contribution < -0.4 is 5.32 Å². The second kappa shape index (κ2) is 9.47. The van der Waals surface area contributed by atoms with Crippen molar-refractivity contribution in [2.24, 2.45) is 16.1 Å². The van der Waals surface area contributed by atoms with E-state index in [1.807, 2.05) is 18.3 Å². The summed E-state index contributed by atoms with van der Waals surface area (Å²) in [4.78, 5) is 2.38. The van der Waals surface area contributed by atoms with Crippen molar-refractivity contribution in [1.29, 1.82) is 0 Å². The van der Waals surface area contributed by atoms with Crippen LogP contribution in [0.1, 0.15) is 45.6 Å². The van der Waals surface area contributed by atoms with Crippen molar-refractivity contribution in [3.8, 4) is 16.9 Å². The van der Waals surface area contributed by atoms with E-state index in [-0.39, 0.29) is 5.75 Å². The summed E-state index contributed by atoms with van der Waals surface area (Å²) >= 11 is 0. The van der Waals surface area contributed by atoms with Crippen LogP contribution in [-0.4, -0.2) is 57.4 Å². The summed E-state index contributed by atoms with van der Waals surface area (Å²) in [5.74, 6) is 1.87. The lowest BCUT2D eigenvalue weighted by Crippen LogP contribution is -2.33. The van der Waals surface area contributed by atoms with Gasteiger partial charge < -0.3 is 15.3 Å². The molecule has 0 radical (unpaired) electrons. The molecule has 3 heterocycles. The van der Waals surface area contributed by atoms with E-state index in [0.29, 0.717) is 23.2 Å². The first kappa shape index (κ1) is 21.3. The quantitative estimate of drug-likeness (QED) is 0.660. The maximum absolute atomic E-state index is 10.7. The number of likely N-dealkylation sites (tertiary alicyclic amines) is 1. The van der Waals surface area contributed by atoms with E-state index in [2.05, 4.69) is 57.5 Å². The first-order valence-electron chi connectivity index (χ1n) is 11.2. The van der Waals surface area contributed by atoms with Crippen molar-refractivity contribution in [3.05, 3.63) is 47.8 Å². The number of nitrogens with one attached hydrogen (secondary N) is 2. The maximum atomic E-state index is 10.7. The molecule has 7 nitrogen and oxygen atoms in total. The van der Waals surface area contributed by atoms with E-state index in [9.17, 15) is 5.11 Å². The summed E-state index contributed by atoms with van der Waals surface area (Å²) < 4.78 is 0. The van der Waals surface area contributed by atoms with E-state index in [1.165, 1.54) is 12.0 Å². The van der Waals surface area contributed by atoms with Gasteiger partial charge in [0, 0.05) is 42.9 Å². The van der Waals surface area contributed by atoms with Gasteiger partial charge in [-0.25, -0.2) is 0 Å². The number of H-pyrrole nitrogens is 1. The number of hydrogen-bond donors (Lipinski definition) is 3. The predicted octanol–water partition coefficient (Wildman–Crippen LogP) is 3.94. The van der Waals surface area contributed by atoms with Crippen molar-refractivity contribution in [3.63, 3.8) is 0 Å². The third-order valence-electron chi connectivity index (χ3n) is 6.02. The molecule has 0 spiro atoms. The molecule has 2 aliphatic rings. The van der Waals surface area contributed by atoms with Crippen LogP contribution in [0.4, 0.5) is 0 Å². The van der Waals surface area contributed by atoms with E-state index < -0.39 is 0 Å². The van der Waals surface area contributed by atoms with Gasteiger partial charge in [0.25, 0.3) is 0 Å². The zero-order chi connectivity index (χ0) is 21.8. The smallest absolute Gasteiger partial charge is 0.131 e. The van der Waals surface area contributed by atoms with E-state index in [0.717, 1.165) is 49.4 Å². The predicted molar refractivity (Wildman–Crippen MR) is 125 cm³/mol. The number of phenols is 1. The number of allylic oxidation sites excluding steroid dienone is 1. The van der Waals surface area contributed by atoms with E-state index in [1.54, 1.807) is 12.3 Å². The molecule has 2 aromatic rings. The number of aromatic hydroxyl groups is 1. The van der Waals surface area contributed by atoms with Gasteiger partial charge in [0.05, 0.1) is 11.9 Å². The van der Waals surface area contributed by atoms with Crippen LogP contribution in [0, 0.1) is 5.92 Å². The van der Waals surface area contributed by atoms with Crippen LogP contribution in [-0.2, 0) is 0 Å². The van der Waals surface area contributed by atoms with Gasteiger partial charge >= 0.3 is 0 Å². The maximum Gasteiger partial charge on any atom is 0.131 e. The SMILES string of the molecule is CCC1=CC(c2ccc(-c3cn[nH]c3)cc2O)=NN=C(N2CCC(CNC(C)C)C2)C1. The Balaban J connectivity index is 1.55. The third-order valence-corrected chi connectivity index (χ3v) is 6.02. The second-order valence-corrected chi connectivity index (χ2v) is 8.72. The molecule has 2 aliphatic heterocycles. The molecule has 1 unspecified atom stereocenters. The molecule has 31 heavy (non-hydrogen) atoms. The summed E-state index contributed by atoms with van der Waals surface area (Å²) in [6.07, 6.45) is 8.54. The molecule has 1 atom stereocenters. The van der Waals surface area contributed by atoms with Gasteiger partial charge in [-0.05, 0) is 49.1 Å². The van der Waals surface area contributed by atoms with E-state index >= 15 is 0 Å². The van der Waals surface area contributed by atoms with Crippen molar-refractivity contribution >= 4 is 11.5 Å². The monoisotopic (exact) mass is 420 g/mol. The highest BCUT2D eigenvalue weighted by Crippen LogP contribution is 2.29. The molecule has 164 valence electrons. The minimum absolute atomic E-state index is 0.198. The Morgan fingerprint density at radius 3 is 2.84 bits per heavy atom. The fourth-order valence-corrected chi connectivity index (χ4v) is 4.13. The molecule has 0 aliphatic carbocycles. The van der Waals surface area contributed by atoms with Gasteiger partial charge in [-0.2, -0.15) is 5.10 Å². The fraction of sp³-hybridized carbons (Fsp3) is 0.458. The lowest BCUT2D eigenvalue weighted by Gasteiger charge is -2.20. The van der Waals surface area contributed by atoms with Gasteiger partial charge in [0.1, 0.15) is 11.6 Å². The normalized spacial score (nSPS) is 19.3. The Bertz CT molecular complexity index is 990. The minimum atomic E-state index is 0.198. The Morgan fingerprint density at radius 1 is 1.26 bits per heavy atom. The van der Waals surface area contributed by atoms with Crippen LogP contribution in [0.2, 0.25) is 0 Å². The standard InChI is InChI=1S/C24H32N6O/c1-4-17-9-22(21-6-5-19(11-23(21)31)20-13-26-27-14-20)28-29-24(10-17)30-8-7-18(15-30)12-25-16(2)3/h5-6,9,11,13-14,16,18,25,31H,4,7-8,10,12,15H2,1-3H3,(H,26,27). The summed E-state index contributed by atoms with van der Waals surface area (Å²) in [6.45, 7) is 9.62. The zero-order valence-electron chi connectivity index (χ0n) is 18.6. The molecule has 1 fully saturated rings. The molecule has 0 amide bonds. The van der Waals surface area contributed by atoms with Gasteiger partial charge in [-0.15, -0.1) is 10.2 Å². The summed E-state index contributed by atoms with van der Waals surface area (Å²) in [5.41, 5.74) is 4.53. The molecular formula is C24H32N6O. The lowest BCUT2D eigenvalue weighted by atomic mass is 10.00. The van der Waals surface area contributed by atoms with Gasteiger partial charge in [-0.1, -0.05) is 32.4 Å². The first-order valence-corrected chi connectivity index (χ1v) is 11.2. The Kier molecular flexibility index (Phi) is 6.51. The van der Waals surface area contributed by atoms with Crippen LogP contribution in [0.25, 0.3) is 11.1 Å². The Morgan fingerprint density at radius 2 is 2.13 bits per heavy atom. The molecule has 1 aromatic heterocycles. The number of aromatic nitrogens is 2. The third kappa shape index (κ3) is 5.05. The number of phenolic OH excluding ortho intramolecular Hbond substituents is 1. The summed E-state index contributed by atoms with van der Waals surface area (Å²) in [6, 6.07) is 6.15. The molecule has 3 N–H and O–H groups in total. The summed E-state index contributed by atoms with van der Waals surface area (Å²) in [5, 5.41) is 30.2. The summed E-state index contributed by atoms with van der Waals surface area (Å²) in [7, 11) is 0. The number of rotatable bonds is 6. The van der Waals surface area contributed by atoms with Crippen LogP contribution in [0.5, 0.6) is 5.75 Å². The Hall–Kier alpha value is -2.93. The average molecular weight is 421 g/mol. The Labute approximate surface area is 184 Å². The largest absolute Gasteiger partial charge is 0.507 e. The highest BCUT2D eigenvalue weighted by atomic mass is 16.3. The minimum Gasteiger partial charge on any atom is -0.507 e. The number of nitrogens with zero attached hydrogens (tertiary/aromatic N) is 4. The van der Waals surface area contributed by atoms with Crippen molar-refractivity contribution in [2.45, 2.75) is 46.1 Å².